The zero-order chi connectivity index (χ0) is 10.1. The van der Waals surface area contributed by atoms with Gasteiger partial charge in [-0.2, -0.15) is 0 Å². The molecule has 13 heavy (non-hydrogen) atoms. The van der Waals surface area contributed by atoms with Crippen LogP contribution in [0.1, 0.15) is 33.6 Å². The van der Waals surface area contributed by atoms with Gasteiger partial charge in [0, 0.05) is 6.54 Å². The van der Waals surface area contributed by atoms with E-state index in [1.54, 1.807) is 0 Å². The highest BCUT2D eigenvalue weighted by Crippen LogP contribution is 2.05. The molecule has 0 spiro atoms. The quantitative estimate of drug-likeness (QED) is 0.719. The van der Waals surface area contributed by atoms with E-state index in [1.807, 2.05) is 20.8 Å². The molecule has 0 saturated carbocycles. The van der Waals surface area contributed by atoms with Crippen molar-refractivity contribution in [2.75, 3.05) is 26.2 Å². The number of carbonyl (C=O) groups excluding carboxylic acids is 1. The van der Waals surface area contributed by atoms with Crippen molar-refractivity contribution in [1.82, 2.24) is 10.2 Å². The van der Waals surface area contributed by atoms with Crippen molar-refractivity contribution in [2.45, 2.75) is 33.6 Å². The molecule has 1 N–H and O–H groups in total. The standard InChI is InChI=1S/C8H16N2O.C2H6/c1-2-9-8(11)7-10-5-3-4-6-10;1-2/h2-7H2,1H3,(H,9,11);1-2H3. The number of hydrogen-bond acceptors (Lipinski definition) is 2. The molecule has 1 fully saturated rings. The molecule has 0 unspecified atom stereocenters. The molecule has 0 aliphatic carbocycles. The highest BCUT2D eigenvalue weighted by atomic mass is 16.2. The molecule has 1 aliphatic rings. The van der Waals surface area contributed by atoms with Gasteiger partial charge < -0.3 is 5.32 Å². The van der Waals surface area contributed by atoms with Crippen molar-refractivity contribution in [3.8, 4) is 0 Å². The minimum absolute atomic E-state index is 0.161. The van der Waals surface area contributed by atoms with Crippen molar-refractivity contribution in [3.05, 3.63) is 0 Å². The van der Waals surface area contributed by atoms with Crippen molar-refractivity contribution >= 4 is 5.91 Å². The van der Waals surface area contributed by atoms with Gasteiger partial charge in [0.1, 0.15) is 0 Å². The van der Waals surface area contributed by atoms with Crippen molar-refractivity contribution in [2.24, 2.45) is 0 Å². The van der Waals surface area contributed by atoms with E-state index in [-0.39, 0.29) is 5.91 Å². The molecule has 1 heterocycles. The minimum atomic E-state index is 0.161. The topological polar surface area (TPSA) is 32.3 Å². The molecule has 1 amide bonds. The summed E-state index contributed by atoms with van der Waals surface area (Å²) in [4.78, 5) is 13.2. The minimum Gasteiger partial charge on any atom is -0.355 e. The van der Waals surface area contributed by atoms with Gasteiger partial charge in [0.25, 0.3) is 0 Å². The number of rotatable bonds is 3. The molecule has 1 aliphatic heterocycles. The predicted octanol–water partition coefficient (Wildman–Crippen LogP) is 1.24. The predicted molar refractivity (Wildman–Crippen MR) is 55.7 cm³/mol. The third-order valence-corrected chi connectivity index (χ3v) is 1.94. The normalized spacial score (nSPS) is 16.2. The number of hydrogen-bond donors (Lipinski definition) is 1. The SMILES string of the molecule is CC.CCNC(=O)CN1CCCC1. The highest BCUT2D eigenvalue weighted by molar-refractivity contribution is 5.77. The summed E-state index contributed by atoms with van der Waals surface area (Å²) in [5, 5.41) is 2.79. The zero-order valence-electron chi connectivity index (χ0n) is 9.10. The lowest BCUT2D eigenvalue weighted by molar-refractivity contribution is -0.121. The van der Waals surface area contributed by atoms with Crippen LogP contribution in [0, 0.1) is 0 Å². The smallest absolute Gasteiger partial charge is 0.234 e. The van der Waals surface area contributed by atoms with E-state index in [9.17, 15) is 4.79 Å². The first kappa shape index (κ1) is 12.4. The maximum atomic E-state index is 11.0. The molecule has 0 bridgehead atoms. The van der Waals surface area contributed by atoms with Gasteiger partial charge in [0.2, 0.25) is 5.91 Å². The summed E-state index contributed by atoms with van der Waals surface area (Å²) in [6, 6.07) is 0. The first-order valence-electron chi connectivity index (χ1n) is 5.32. The van der Waals surface area contributed by atoms with Crippen LogP contribution in [0.15, 0.2) is 0 Å². The van der Waals surface area contributed by atoms with E-state index in [0.29, 0.717) is 6.54 Å². The summed E-state index contributed by atoms with van der Waals surface area (Å²) in [6.45, 7) is 9.47. The second kappa shape index (κ2) is 8.05. The van der Waals surface area contributed by atoms with Gasteiger partial charge in [-0.1, -0.05) is 13.8 Å². The lowest BCUT2D eigenvalue weighted by Crippen LogP contribution is -2.35. The number of amides is 1. The third-order valence-electron chi connectivity index (χ3n) is 1.94. The van der Waals surface area contributed by atoms with Crippen molar-refractivity contribution in [3.63, 3.8) is 0 Å². The average Bonchev–Trinajstić information content (AvgIpc) is 2.61. The fourth-order valence-corrected chi connectivity index (χ4v) is 1.40. The summed E-state index contributed by atoms with van der Waals surface area (Å²) >= 11 is 0. The third kappa shape index (κ3) is 5.64. The number of likely N-dealkylation sites (N-methyl/N-ethyl adjacent to an activating group) is 1. The number of carbonyl (C=O) groups is 1. The van der Waals surface area contributed by atoms with Gasteiger partial charge in [0.05, 0.1) is 6.54 Å². The van der Waals surface area contributed by atoms with Crippen LogP contribution in [0.2, 0.25) is 0 Å². The van der Waals surface area contributed by atoms with Crippen LogP contribution >= 0.6 is 0 Å². The molecule has 0 aromatic rings. The van der Waals surface area contributed by atoms with Gasteiger partial charge >= 0.3 is 0 Å². The van der Waals surface area contributed by atoms with Crippen molar-refractivity contribution < 1.29 is 4.79 Å². The zero-order valence-corrected chi connectivity index (χ0v) is 9.10. The van der Waals surface area contributed by atoms with E-state index in [1.165, 1.54) is 12.8 Å². The van der Waals surface area contributed by atoms with E-state index < -0.39 is 0 Å². The molecule has 0 aromatic carbocycles. The van der Waals surface area contributed by atoms with Gasteiger partial charge in [-0.15, -0.1) is 0 Å². The second-order valence-corrected chi connectivity index (χ2v) is 2.94. The first-order chi connectivity index (χ1) is 6.33. The largest absolute Gasteiger partial charge is 0.355 e. The molecular weight excluding hydrogens is 164 g/mol. The molecule has 0 aromatic heterocycles. The van der Waals surface area contributed by atoms with Crippen LogP contribution in [0.25, 0.3) is 0 Å². The van der Waals surface area contributed by atoms with E-state index in [2.05, 4.69) is 10.2 Å². The maximum absolute atomic E-state index is 11.0. The first-order valence-corrected chi connectivity index (χ1v) is 5.32. The lowest BCUT2D eigenvalue weighted by atomic mass is 10.4. The Morgan fingerprint density at radius 1 is 1.31 bits per heavy atom. The van der Waals surface area contributed by atoms with Gasteiger partial charge in [-0.05, 0) is 32.9 Å². The summed E-state index contributed by atoms with van der Waals surface area (Å²) < 4.78 is 0. The van der Waals surface area contributed by atoms with E-state index in [4.69, 9.17) is 0 Å². The second-order valence-electron chi connectivity index (χ2n) is 2.94. The fraction of sp³-hybridized carbons (Fsp3) is 0.900. The monoisotopic (exact) mass is 186 g/mol. The molecule has 3 heteroatoms. The van der Waals surface area contributed by atoms with Crippen molar-refractivity contribution in [1.29, 1.82) is 0 Å². The van der Waals surface area contributed by atoms with Crippen LogP contribution in [-0.2, 0) is 4.79 Å². The van der Waals surface area contributed by atoms with Crippen LogP contribution < -0.4 is 5.32 Å². The van der Waals surface area contributed by atoms with Crippen LogP contribution in [0.3, 0.4) is 0 Å². The summed E-state index contributed by atoms with van der Waals surface area (Å²) in [5.41, 5.74) is 0. The van der Waals surface area contributed by atoms with Gasteiger partial charge in [-0.25, -0.2) is 0 Å². The van der Waals surface area contributed by atoms with E-state index in [0.717, 1.165) is 19.6 Å². The summed E-state index contributed by atoms with van der Waals surface area (Å²) in [5.74, 6) is 0.161. The molecule has 78 valence electrons. The van der Waals surface area contributed by atoms with Crippen LogP contribution in [0.5, 0.6) is 0 Å². The molecular formula is C10H22N2O. The maximum Gasteiger partial charge on any atom is 0.234 e. The van der Waals surface area contributed by atoms with Crippen LogP contribution in [0.4, 0.5) is 0 Å². The molecule has 0 radical (unpaired) electrons. The Morgan fingerprint density at radius 2 is 1.85 bits per heavy atom. The van der Waals surface area contributed by atoms with Gasteiger partial charge in [0.15, 0.2) is 0 Å². The molecule has 1 rings (SSSR count). The Labute approximate surface area is 81.5 Å². The number of nitrogens with one attached hydrogen (secondary N) is 1. The fourth-order valence-electron chi connectivity index (χ4n) is 1.40. The van der Waals surface area contributed by atoms with Crippen LogP contribution in [-0.4, -0.2) is 37.0 Å². The Kier molecular flexibility index (Phi) is 7.69. The van der Waals surface area contributed by atoms with Gasteiger partial charge in [-0.3, -0.25) is 9.69 Å². The summed E-state index contributed by atoms with van der Waals surface area (Å²) in [7, 11) is 0. The summed E-state index contributed by atoms with van der Waals surface area (Å²) in [6.07, 6.45) is 2.50. The van der Waals surface area contributed by atoms with E-state index >= 15 is 0 Å². The number of likely N-dealkylation sites (tertiary alicyclic amines) is 1. The Morgan fingerprint density at radius 3 is 2.31 bits per heavy atom. The average molecular weight is 186 g/mol. The highest BCUT2D eigenvalue weighted by Gasteiger charge is 2.13. The molecule has 0 atom stereocenters. The Balaban J connectivity index is 0.000000671. The Hall–Kier alpha value is -0.570. The lowest BCUT2D eigenvalue weighted by Gasteiger charge is -2.12. The number of nitrogens with zero attached hydrogens (tertiary/aromatic N) is 1. The molecule has 1 saturated heterocycles. The Bertz CT molecular complexity index is 131. The molecule has 3 nitrogen and oxygen atoms in total.